The Morgan fingerprint density at radius 3 is 2.50 bits per heavy atom. The quantitative estimate of drug-likeness (QED) is 0.640. The molecular weight excluding hydrogens is 236 g/mol. The zero-order valence-corrected chi connectivity index (χ0v) is 10.1. The lowest BCUT2D eigenvalue weighted by atomic mass is 9.95. The maximum absolute atomic E-state index is 13.1. The van der Waals surface area contributed by atoms with Crippen molar-refractivity contribution in [2.45, 2.75) is 19.4 Å². The largest absolute Gasteiger partial charge is 0.387 e. The van der Waals surface area contributed by atoms with Crippen molar-refractivity contribution in [1.29, 1.82) is 5.41 Å². The molecule has 1 fully saturated rings. The zero-order chi connectivity index (χ0) is 13.1. The maximum atomic E-state index is 13.1. The average Bonchev–Trinajstić information content (AvgIpc) is 2.34. The number of nitrogens with one attached hydrogen (secondary N) is 1. The average molecular weight is 253 g/mol. The van der Waals surface area contributed by atoms with E-state index in [9.17, 15) is 8.78 Å². The first-order valence-corrected chi connectivity index (χ1v) is 6.06. The maximum Gasteiger partial charge on any atom is 0.159 e. The summed E-state index contributed by atoms with van der Waals surface area (Å²) in [5.41, 5.74) is 6.25. The first-order valence-electron chi connectivity index (χ1n) is 6.06. The van der Waals surface area contributed by atoms with Crippen LogP contribution in [0.2, 0.25) is 0 Å². The minimum atomic E-state index is -0.811. The molecule has 0 bridgehead atoms. The van der Waals surface area contributed by atoms with Crippen molar-refractivity contribution in [3.63, 3.8) is 0 Å². The number of hydrogen-bond acceptors (Lipinski definition) is 2. The van der Waals surface area contributed by atoms with E-state index in [0.29, 0.717) is 6.54 Å². The molecule has 98 valence electrons. The van der Waals surface area contributed by atoms with Crippen LogP contribution in [0.25, 0.3) is 0 Å². The molecule has 3 N–H and O–H groups in total. The molecule has 1 aliphatic heterocycles. The number of hydrogen-bond donors (Lipinski definition) is 2. The highest BCUT2D eigenvalue weighted by atomic mass is 19.2. The van der Waals surface area contributed by atoms with Gasteiger partial charge in [-0.3, -0.25) is 10.3 Å². The number of nitrogens with zero attached hydrogens (tertiary/aromatic N) is 1. The third-order valence-corrected chi connectivity index (χ3v) is 3.42. The van der Waals surface area contributed by atoms with Gasteiger partial charge in [0.05, 0.1) is 5.84 Å². The summed E-state index contributed by atoms with van der Waals surface area (Å²) in [6.07, 6.45) is 1.72. The Morgan fingerprint density at radius 2 is 1.94 bits per heavy atom. The number of halogens is 2. The Kier molecular flexibility index (Phi) is 3.91. The number of piperidine rings is 1. The monoisotopic (exact) mass is 253 g/mol. The van der Waals surface area contributed by atoms with Gasteiger partial charge in [-0.2, -0.15) is 0 Å². The van der Waals surface area contributed by atoms with Gasteiger partial charge in [-0.25, -0.2) is 8.78 Å². The second-order valence-electron chi connectivity index (χ2n) is 4.75. The summed E-state index contributed by atoms with van der Waals surface area (Å²) in [6, 6.07) is 4.01. The summed E-state index contributed by atoms with van der Waals surface area (Å²) in [4.78, 5) is 2.17. The fourth-order valence-corrected chi connectivity index (χ4v) is 2.30. The van der Waals surface area contributed by atoms with Gasteiger partial charge < -0.3 is 5.73 Å². The molecule has 2 rings (SSSR count). The molecule has 0 amide bonds. The number of rotatable bonds is 3. The predicted molar refractivity (Wildman–Crippen MR) is 66.3 cm³/mol. The van der Waals surface area contributed by atoms with Gasteiger partial charge in [0, 0.05) is 12.5 Å². The highest BCUT2D eigenvalue weighted by Gasteiger charge is 2.21. The normalized spacial score (nSPS) is 17.9. The molecular formula is C13H17F2N3. The Labute approximate surface area is 105 Å². The number of nitrogens with two attached hydrogens (primary N) is 1. The fraction of sp³-hybridized carbons (Fsp3) is 0.462. The Bertz CT molecular complexity index is 440. The standard InChI is InChI=1S/C13H17F2N3/c14-11-2-1-9(7-12(11)15)8-18-5-3-10(4-6-18)13(16)17/h1-2,7,10H,3-6,8H2,(H3,16,17). The van der Waals surface area contributed by atoms with Crippen LogP contribution >= 0.6 is 0 Å². The lowest BCUT2D eigenvalue weighted by Gasteiger charge is -2.31. The van der Waals surface area contributed by atoms with Crippen LogP contribution in [0.1, 0.15) is 18.4 Å². The van der Waals surface area contributed by atoms with E-state index in [2.05, 4.69) is 4.90 Å². The molecule has 0 unspecified atom stereocenters. The zero-order valence-electron chi connectivity index (χ0n) is 10.1. The number of amidine groups is 1. The SMILES string of the molecule is N=C(N)C1CCN(Cc2ccc(F)c(F)c2)CC1. The van der Waals surface area contributed by atoms with Gasteiger partial charge in [-0.05, 0) is 43.6 Å². The van der Waals surface area contributed by atoms with Crippen LogP contribution in [-0.4, -0.2) is 23.8 Å². The van der Waals surface area contributed by atoms with Crippen LogP contribution < -0.4 is 5.73 Å². The third kappa shape index (κ3) is 3.04. The summed E-state index contributed by atoms with van der Waals surface area (Å²) in [6.45, 7) is 2.29. The van der Waals surface area contributed by atoms with Gasteiger partial charge in [-0.1, -0.05) is 6.07 Å². The molecule has 3 nitrogen and oxygen atoms in total. The lowest BCUT2D eigenvalue weighted by Crippen LogP contribution is -2.37. The molecule has 18 heavy (non-hydrogen) atoms. The van der Waals surface area contributed by atoms with Gasteiger partial charge in [0.2, 0.25) is 0 Å². The minimum Gasteiger partial charge on any atom is -0.387 e. The molecule has 1 aromatic rings. The predicted octanol–water partition coefficient (Wildman–Crippen LogP) is 2.11. The molecule has 1 aromatic carbocycles. The van der Waals surface area contributed by atoms with Crippen LogP contribution in [0.3, 0.4) is 0 Å². The van der Waals surface area contributed by atoms with Crippen molar-refractivity contribution in [2.75, 3.05) is 13.1 Å². The van der Waals surface area contributed by atoms with Crippen molar-refractivity contribution in [1.82, 2.24) is 4.90 Å². The van der Waals surface area contributed by atoms with Gasteiger partial charge in [0.15, 0.2) is 11.6 Å². The summed E-state index contributed by atoms with van der Waals surface area (Å²) < 4.78 is 25.9. The first kappa shape index (κ1) is 13.0. The van der Waals surface area contributed by atoms with Crippen molar-refractivity contribution in [3.8, 4) is 0 Å². The highest BCUT2D eigenvalue weighted by molar-refractivity contribution is 5.79. The second kappa shape index (κ2) is 5.44. The van der Waals surface area contributed by atoms with Gasteiger partial charge in [0.25, 0.3) is 0 Å². The van der Waals surface area contributed by atoms with Crippen molar-refractivity contribution < 1.29 is 8.78 Å². The summed E-state index contributed by atoms with van der Waals surface area (Å²) in [5.74, 6) is -1.19. The molecule has 0 atom stereocenters. The van der Waals surface area contributed by atoms with Crippen molar-refractivity contribution in [3.05, 3.63) is 35.4 Å². The molecule has 1 saturated heterocycles. The van der Waals surface area contributed by atoms with Gasteiger partial charge in [0.1, 0.15) is 0 Å². The van der Waals surface area contributed by atoms with E-state index in [4.69, 9.17) is 11.1 Å². The highest BCUT2D eigenvalue weighted by Crippen LogP contribution is 2.19. The Hall–Kier alpha value is -1.49. The second-order valence-corrected chi connectivity index (χ2v) is 4.75. The molecule has 0 aromatic heterocycles. The van der Waals surface area contributed by atoms with E-state index in [1.165, 1.54) is 6.07 Å². The number of likely N-dealkylation sites (tertiary alicyclic amines) is 1. The lowest BCUT2D eigenvalue weighted by molar-refractivity contribution is 0.201. The van der Waals surface area contributed by atoms with E-state index in [1.54, 1.807) is 6.07 Å². The molecule has 1 heterocycles. The van der Waals surface area contributed by atoms with E-state index in [-0.39, 0.29) is 11.8 Å². The number of benzene rings is 1. The minimum absolute atomic E-state index is 0.172. The van der Waals surface area contributed by atoms with E-state index < -0.39 is 11.6 Å². The molecule has 1 aliphatic rings. The molecule has 5 heteroatoms. The van der Waals surface area contributed by atoms with Crippen LogP contribution in [0.15, 0.2) is 18.2 Å². The topological polar surface area (TPSA) is 53.1 Å². The Balaban J connectivity index is 1.91. The summed E-state index contributed by atoms with van der Waals surface area (Å²) in [5, 5.41) is 7.40. The van der Waals surface area contributed by atoms with Crippen LogP contribution in [-0.2, 0) is 6.54 Å². The smallest absolute Gasteiger partial charge is 0.159 e. The first-order chi connectivity index (χ1) is 8.56. The molecule has 0 saturated carbocycles. The van der Waals surface area contributed by atoms with E-state index in [0.717, 1.165) is 37.6 Å². The van der Waals surface area contributed by atoms with Gasteiger partial charge >= 0.3 is 0 Å². The fourth-order valence-electron chi connectivity index (χ4n) is 2.30. The van der Waals surface area contributed by atoms with Crippen LogP contribution in [0, 0.1) is 23.0 Å². The third-order valence-electron chi connectivity index (χ3n) is 3.42. The van der Waals surface area contributed by atoms with Gasteiger partial charge in [-0.15, -0.1) is 0 Å². The summed E-state index contributed by atoms with van der Waals surface area (Å²) >= 11 is 0. The Morgan fingerprint density at radius 1 is 1.28 bits per heavy atom. The summed E-state index contributed by atoms with van der Waals surface area (Å²) in [7, 11) is 0. The molecule has 0 aliphatic carbocycles. The van der Waals surface area contributed by atoms with Crippen LogP contribution in [0.4, 0.5) is 8.78 Å². The van der Waals surface area contributed by atoms with Crippen molar-refractivity contribution >= 4 is 5.84 Å². The van der Waals surface area contributed by atoms with Crippen LogP contribution in [0.5, 0.6) is 0 Å². The molecule has 0 radical (unpaired) electrons. The van der Waals surface area contributed by atoms with E-state index in [1.807, 2.05) is 0 Å². The molecule has 0 spiro atoms. The van der Waals surface area contributed by atoms with E-state index >= 15 is 0 Å². The van der Waals surface area contributed by atoms with Crippen molar-refractivity contribution in [2.24, 2.45) is 11.7 Å².